The van der Waals surface area contributed by atoms with Crippen LogP contribution in [0.3, 0.4) is 0 Å². The average molecular weight is 238 g/mol. The molecule has 0 aromatic heterocycles. The zero-order valence-corrected chi connectivity index (χ0v) is 11.5. The molecule has 0 aliphatic carbocycles. The normalized spacial score (nSPS) is 26.8. The Kier molecular flexibility index (Phi) is 4.08. The van der Waals surface area contributed by atoms with Crippen LogP contribution in [-0.2, 0) is 4.74 Å². The predicted molar refractivity (Wildman–Crippen MR) is 71.5 cm³/mol. The van der Waals surface area contributed by atoms with Gasteiger partial charge in [0.05, 0.1) is 6.04 Å². The molecule has 1 fully saturated rings. The third-order valence-corrected chi connectivity index (χ3v) is 3.54. The van der Waals surface area contributed by atoms with Crippen LogP contribution in [0.1, 0.15) is 46.5 Å². The summed E-state index contributed by atoms with van der Waals surface area (Å²) >= 11 is 0. The molecule has 0 radical (unpaired) electrons. The molecule has 0 amide bonds. The highest BCUT2D eigenvalue weighted by molar-refractivity contribution is 5.77. The minimum Gasteiger partial charge on any atom is -0.479 e. The lowest BCUT2D eigenvalue weighted by Crippen LogP contribution is -2.28. The summed E-state index contributed by atoms with van der Waals surface area (Å²) in [5.41, 5.74) is 0.349. The van der Waals surface area contributed by atoms with Gasteiger partial charge in [0.25, 0.3) is 0 Å². The maximum Gasteiger partial charge on any atom is 0.183 e. The second-order valence-corrected chi connectivity index (χ2v) is 6.65. The van der Waals surface area contributed by atoms with Crippen molar-refractivity contribution in [1.82, 2.24) is 5.32 Å². The predicted octanol–water partition coefficient (Wildman–Crippen LogP) is 2.61. The fourth-order valence-electron chi connectivity index (χ4n) is 2.73. The van der Waals surface area contributed by atoms with Gasteiger partial charge in [-0.05, 0) is 43.7 Å². The lowest BCUT2D eigenvalue weighted by atomic mass is 9.89. The van der Waals surface area contributed by atoms with Crippen molar-refractivity contribution in [3.63, 3.8) is 0 Å². The topological polar surface area (TPSA) is 33.6 Å². The second-order valence-electron chi connectivity index (χ2n) is 6.65. The summed E-state index contributed by atoms with van der Waals surface area (Å²) in [5.74, 6) is 1.80. The summed E-state index contributed by atoms with van der Waals surface area (Å²) in [6.45, 7) is 9.93. The Morgan fingerprint density at radius 3 is 2.65 bits per heavy atom. The Labute approximate surface area is 105 Å². The average Bonchev–Trinajstić information content (AvgIpc) is 2.64. The molecule has 3 heteroatoms. The SMILES string of the molecule is CC(C)(C)CC1COC(CC2CCNCC2)=N1. The quantitative estimate of drug-likeness (QED) is 0.820. The summed E-state index contributed by atoms with van der Waals surface area (Å²) in [6.07, 6.45) is 4.73. The molecule has 3 nitrogen and oxygen atoms in total. The number of nitrogens with zero attached hydrogens (tertiary/aromatic N) is 1. The molecule has 98 valence electrons. The van der Waals surface area contributed by atoms with Crippen LogP contribution in [-0.4, -0.2) is 31.6 Å². The van der Waals surface area contributed by atoms with Crippen LogP contribution in [0, 0.1) is 11.3 Å². The van der Waals surface area contributed by atoms with Crippen molar-refractivity contribution in [3.05, 3.63) is 0 Å². The first-order chi connectivity index (χ1) is 8.03. The maximum atomic E-state index is 5.74. The fraction of sp³-hybridized carbons (Fsp3) is 0.929. The van der Waals surface area contributed by atoms with E-state index in [1.54, 1.807) is 0 Å². The molecule has 2 rings (SSSR count). The van der Waals surface area contributed by atoms with Crippen LogP contribution in [0.15, 0.2) is 4.99 Å². The van der Waals surface area contributed by atoms with E-state index in [4.69, 9.17) is 9.73 Å². The summed E-state index contributed by atoms with van der Waals surface area (Å²) in [7, 11) is 0. The van der Waals surface area contributed by atoms with Gasteiger partial charge in [-0.3, -0.25) is 0 Å². The molecule has 1 N–H and O–H groups in total. The summed E-state index contributed by atoms with van der Waals surface area (Å²) in [5, 5.41) is 3.40. The highest BCUT2D eigenvalue weighted by atomic mass is 16.5. The van der Waals surface area contributed by atoms with Crippen LogP contribution >= 0.6 is 0 Å². The number of piperidine rings is 1. The van der Waals surface area contributed by atoms with Gasteiger partial charge in [-0.1, -0.05) is 20.8 Å². The zero-order valence-electron chi connectivity index (χ0n) is 11.5. The second kappa shape index (κ2) is 5.38. The number of ether oxygens (including phenoxy) is 1. The van der Waals surface area contributed by atoms with E-state index in [0.29, 0.717) is 11.5 Å². The molecule has 0 bridgehead atoms. The third kappa shape index (κ3) is 4.30. The minimum atomic E-state index is 0.349. The van der Waals surface area contributed by atoms with Crippen molar-refractivity contribution in [3.8, 4) is 0 Å². The smallest absolute Gasteiger partial charge is 0.183 e. The van der Waals surface area contributed by atoms with Gasteiger partial charge in [0, 0.05) is 6.42 Å². The fourth-order valence-corrected chi connectivity index (χ4v) is 2.73. The molecule has 0 saturated carbocycles. The standard InChI is InChI=1S/C14H26N2O/c1-14(2,3)9-12-10-17-13(16-12)8-11-4-6-15-7-5-11/h11-12,15H,4-10H2,1-3H3. The van der Waals surface area contributed by atoms with Gasteiger partial charge < -0.3 is 10.1 Å². The monoisotopic (exact) mass is 238 g/mol. The Hall–Kier alpha value is -0.570. The van der Waals surface area contributed by atoms with Crippen LogP contribution in [0.2, 0.25) is 0 Å². The number of hydrogen-bond acceptors (Lipinski definition) is 3. The molecular weight excluding hydrogens is 212 g/mol. The van der Waals surface area contributed by atoms with E-state index >= 15 is 0 Å². The first-order valence-corrected chi connectivity index (χ1v) is 6.93. The van der Waals surface area contributed by atoms with Gasteiger partial charge in [0.2, 0.25) is 0 Å². The molecule has 2 aliphatic heterocycles. The van der Waals surface area contributed by atoms with E-state index in [-0.39, 0.29) is 0 Å². The molecule has 0 aromatic rings. The van der Waals surface area contributed by atoms with Crippen molar-refractivity contribution in [2.75, 3.05) is 19.7 Å². The zero-order chi connectivity index (χ0) is 12.3. The highest BCUT2D eigenvalue weighted by Crippen LogP contribution is 2.26. The summed E-state index contributed by atoms with van der Waals surface area (Å²) < 4.78 is 5.74. The van der Waals surface area contributed by atoms with Crippen LogP contribution in [0.5, 0.6) is 0 Å². The van der Waals surface area contributed by atoms with E-state index < -0.39 is 0 Å². The van der Waals surface area contributed by atoms with Crippen molar-refractivity contribution < 1.29 is 4.74 Å². The van der Waals surface area contributed by atoms with Gasteiger partial charge in [-0.2, -0.15) is 0 Å². The number of aliphatic imine (C=N–C) groups is 1. The van der Waals surface area contributed by atoms with Gasteiger partial charge in [0.1, 0.15) is 6.61 Å². The number of hydrogen-bond donors (Lipinski definition) is 1. The molecule has 0 spiro atoms. The molecule has 1 unspecified atom stereocenters. The van der Waals surface area contributed by atoms with Gasteiger partial charge in [-0.15, -0.1) is 0 Å². The highest BCUT2D eigenvalue weighted by Gasteiger charge is 2.26. The summed E-state index contributed by atoms with van der Waals surface area (Å²) in [4.78, 5) is 4.74. The van der Waals surface area contributed by atoms with Gasteiger partial charge in [0.15, 0.2) is 5.90 Å². The van der Waals surface area contributed by atoms with Crippen LogP contribution < -0.4 is 5.32 Å². The van der Waals surface area contributed by atoms with Crippen LogP contribution in [0.25, 0.3) is 0 Å². The lowest BCUT2D eigenvalue weighted by Gasteiger charge is -2.21. The molecule has 2 heterocycles. The molecule has 0 aromatic carbocycles. The maximum absolute atomic E-state index is 5.74. The van der Waals surface area contributed by atoms with Crippen molar-refractivity contribution in [1.29, 1.82) is 0 Å². The number of nitrogens with one attached hydrogen (secondary N) is 1. The Morgan fingerprint density at radius 2 is 2.00 bits per heavy atom. The molecule has 17 heavy (non-hydrogen) atoms. The molecule has 2 aliphatic rings. The minimum absolute atomic E-state index is 0.349. The molecular formula is C14H26N2O. The van der Waals surface area contributed by atoms with E-state index in [1.165, 1.54) is 12.8 Å². The Morgan fingerprint density at radius 1 is 1.29 bits per heavy atom. The Balaban J connectivity index is 1.80. The number of rotatable bonds is 3. The van der Waals surface area contributed by atoms with E-state index in [0.717, 1.165) is 44.4 Å². The van der Waals surface area contributed by atoms with E-state index in [9.17, 15) is 0 Å². The van der Waals surface area contributed by atoms with E-state index in [2.05, 4.69) is 26.1 Å². The van der Waals surface area contributed by atoms with E-state index in [1.807, 2.05) is 0 Å². The third-order valence-electron chi connectivity index (χ3n) is 3.54. The molecule has 1 saturated heterocycles. The van der Waals surface area contributed by atoms with Crippen molar-refractivity contribution >= 4 is 5.90 Å². The Bertz CT molecular complexity index is 274. The summed E-state index contributed by atoms with van der Waals surface area (Å²) in [6, 6.07) is 0.395. The van der Waals surface area contributed by atoms with Gasteiger partial charge >= 0.3 is 0 Å². The van der Waals surface area contributed by atoms with Crippen molar-refractivity contribution in [2.24, 2.45) is 16.3 Å². The molecule has 1 atom stereocenters. The van der Waals surface area contributed by atoms with Crippen molar-refractivity contribution in [2.45, 2.75) is 52.5 Å². The largest absolute Gasteiger partial charge is 0.479 e. The first-order valence-electron chi connectivity index (χ1n) is 6.93. The van der Waals surface area contributed by atoms with Gasteiger partial charge in [-0.25, -0.2) is 4.99 Å². The lowest BCUT2D eigenvalue weighted by molar-refractivity contribution is 0.258. The first kappa shape index (κ1) is 12.9. The van der Waals surface area contributed by atoms with Crippen LogP contribution in [0.4, 0.5) is 0 Å².